The Kier molecular flexibility index (Phi) is 6.71. The molecule has 0 aliphatic heterocycles. The second-order valence-electron chi connectivity index (χ2n) is 5.18. The van der Waals surface area contributed by atoms with E-state index in [2.05, 4.69) is 5.32 Å². The van der Waals surface area contributed by atoms with Crippen molar-refractivity contribution in [2.75, 3.05) is 18.2 Å². The topological polar surface area (TPSA) is 110 Å². The standard InChI is InChI=1S/C15H21NO6S/c1-4-5-6-22-10(2)14(17)16-12-7-11(15(18)19)8-13(9-12)23(3,20)21/h7-10H,4-6H2,1-3H3,(H,16,17)(H,18,19). The van der Waals surface area contributed by atoms with Crippen LogP contribution in [0.1, 0.15) is 37.0 Å². The fraction of sp³-hybridized carbons (Fsp3) is 0.467. The van der Waals surface area contributed by atoms with Gasteiger partial charge in [0.15, 0.2) is 9.84 Å². The van der Waals surface area contributed by atoms with E-state index in [1.54, 1.807) is 6.92 Å². The molecule has 1 rings (SSSR count). The lowest BCUT2D eigenvalue weighted by molar-refractivity contribution is -0.126. The number of benzene rings is 1. The van der Waals surface area contributed by atoms with Gasteiger partial charge in [0, 0.05) is 18.6 Å². The van der Waals surface area contributed by atoms with Crippen molar-refractivity contribution in [3.8, 4) is 0 Å². The van der Waals surface area contributed by atoms with Crippen LogP contribution in [0.5, 0.6) is 0 Å². The first kappa shape index (κ1) is 19.1. The molecule has 0 saturated heterocycles. The zero-order chi connectivity index (χ0) is 17.6. The number of nitrogens with one attached hydrogen (secondary N) is 1. The number of hydrogen-bond acceptors (Lipinski definition) is 5. The SMILES string of the molecule is CCCCOC(C)C(=O)Nc1cc(C(=O)O)cc(S(C)(=O)=O)c1. The van der Waals surface area contributed by atoms with Crippen LogP contribution in [0.4, 0.5) is 5.69 Å². The smallest absolute Gasteiger partial charge is 0.335 e. The Hall–Kier alpha value is -1.93. The number of ether oxygens (including phenoxy) is 1. The highest BCUT2D eigenvalue weighted by molar-refractivity contribution is 7.90. The molecule has 0 bridgehead atoms. The Balaban J connectivity index is 2.97. The van der Waals surface area contributed by atoms with E-state index in [0.29, 0.717) is 6.61 Å². The van der Waals surface area contributed by atoms with Crippen molar-refractivity contribution in [1.82, 2.24) is 0 Å². The van der Waals surface area contributed by atoms with E-state index in [1.807, 2.05) is 6.92 Å². The molecule has 0 aliphatic carbocycles. The van der Waals surface area contributed by atoms with Crippen LogP contribution in [0, 0.1) is 0 Å². The van der Waals surface area contributed by atoms with E-state index in [-0.39, 0.29) is 16.1 Å². The quantitative estimate of drug-likeness (QED) is 0.698. The highest BCUT2D eigenvalue weighted by Gasteiger charge is 2.17. The first-order chi connectivity index (χ1) is 10.6. The molecule has 2 N–H and O–H groups in total. The number of carbonyl (C=O) groups is 2. The summed E-state index contributed by atoms with van der Waals surface area (Å²) in [6.07, 6.45) is 2.00. The molecule has 128 valence electrons. The molecule has 1 amide bonds. The summed E-state index contributed by atoms with van der Waals surface area (Å²) in [5.41, 5.74) is -0.121. The maximum Gasteiger partial charge on any atom is 0.335 e. The van der Waals surface area contributed by atoms with Gasteiger partial charge in [-0.1, -0.05) is 13.3 Å². The molecule has 0 aliphatic rings. The number of unbranched alkanes of at least 4 members (excludes halogenated alkanes) is 1. The summed E-state index contributed by atoms with van der Waals surface area (Å²) in [5.74, 6) is -1.75. The molecular formula is C15H21NO6S. The van der Waals surface area contributed by atoms with E-state index in [0.717, 1.165) is 25.2 Å². The molecule has 1 aromatic carbocycles. The maximum absolute atomic E-state index is 12.0. The van der Waals surface area contributed by atoms with Crippen molar-refractivity contribution in [2.24, 2.45) is 0 Å². The zero-order valence-electron chi connectivity index (χ0n) is 13.3. The number of carbonyl (C=O) groups excluding carboxylic acids is 1. The van der Waals surface area contributed by atoms with Gasteiger partial charge in [-0.2, -0.15) is 0 Å². The summed E-state index contributed by atoms with van der Waals surface area (Å²) in [6, 6.07) is 3.47. The van der Waals surface area contributed by atoms with Gasteiger partial charge in [-0.15, -0.1) is 0 Å². The first-order valence-electron chi connectivity index (χ1n) is 7.16. The van der Waals surface area contributed by atoms with Gasteiger partial charge in [0.2, 0.25) is 0 Å². The first-order valence-corrected chi connectivity index (χ1v) is 9.05. The van der Waals surface area contributed by atoms with E-state index >= 15 is 0 Å². The van der Waals surface area contributed by atoms with Crippen LogP contribution in [0.2, 0.25) is 0 Å². The maximum atomic E-state index is 12.0. The van der Waals surface area contributed by atoms with E-state index in [9.17, 15) is 18.0 Å². The fourth-order valence-corrected chi connectivity index (χ4v) is 2.41. The number of amides is 1. The van der Waals surface area contributed by atoms with Gasteiger partial charge in [-0.3, -0.25) is 4.79 Å². The van der Waals surface area contributed by atoms with Crippen LogP contribution in [0.3, 0.4) is 0 Å². The van der Waals surface area contributed by atoms with Gasteiger partial charge in [0.05, 0.1) is 10.5 Å². The molecular weight excluding hydrogens is 322 g/mol. The molecule has 0 aromatic heterocycles. The van der Waals surface area contributed by atoms with Gasteiger partial charge in [-0.25, -0.2) is 13.2 Å². The molecule has 1 atom stereocenters. The third-order valence-corrected chi connectivity index (χ3v) is 4.18. The molecule has 0 spiro atoms. The van der Waals surface area contributed by atoms with Gasteiger partial charge in [-0.05, 0) is 31.5 Å². The number of aromatic carboxylic acids is 1. The number of sulfone groups is 1. The second-order valence-corrected chi connectivity index (χ2v) is 7.19. The van der Waals surface area contributed by atoms with Crippen molar-refractivity contribution in [1.29, 1.82) is 0 Å². The Morgan fingerprint density at radius 1 is 1.30 bits per heavy atom. The number of hydrogen-bond donors (Lipinski definition) is 2. The fourth-order valence-electron chi connectivity index (χ4n) is 1.73. The highest BCUT2D eigenvalue weighted by atomic mass is 32.2. The zero-order valence-corrected chi connectivity index (χ0v) is 14.1. The van der Waals surface area contributed by atoms with Crippen LogP contribution in [0.25, 0.3) is 0 Å². The lowest BCUT2D eigenvalue weighted by Gasteiger charge is -2.14. The van der Waals surface area contributed by atoms with Crippen LogP contribution in [0.15, 0.2) is 23.1 Å². The molecule has 8 heteroatoms. The Morgan fingerprint density at radius 3 is 2.48 bits per heavy atom. The van der Waals surface area contributed by atoms with E-state index in [1.165, 1.54) is 12.1 Å². The summed E-state index contributed by atoms with van der Waals surface area (Å²) >= 11 is 0. The number of carboxylic acids is 1. The minimum absolute atomic E-state index is 0.0984. The van der Waals surface area contributed by atoms with Gasteiger partial charge in [0.25, 0.3) is 5.91 Å². The summed E-state index contributed by atoms with van der Waals surface area (Å²) in [5, 5.41) is 11.5. The Bertz CT molecular complexity index is 683. The van der Waals surface area contributed by atoms with Crippen molar-refractivity contribution in [3.05, 3.63) is 23.8 Å². The molecule has 1 unspecified atom stereocenters. The molecule has 23 heavy (non-hydrogen) atoms. The third-order valence-electron chi connectivity index (χ3n) is 3.08. The van der Waals surface area contributed by atoms with Crippen LogP contribution < -0.4 is 5.32 Å². The molecule has 0 fully saturated rings. The monoisotopic (exact) mass is 343 g/mol. The van der Waals surface area contributed by atoms with Crippen LogP contribution >= 0.6 is 0 Å². The normalized spacial score (nSPS) is 12.7. The molecule has 0 heterocycles. The van der Waals surface area contributed by atoms with Crippen LogP contribution in [-0.4, -0.2) is 44.4 Å². The minimum atomic E-state index is -3.60. The van der Waals surface area contributed by atoms with Crippen molar-refractivity contribution in [2.45, 2.75) is 37.7 Å². The average Bonchev–Trinajstić information content (AvgIpc) is 2.46. The summed E-state index contributed by atoms with van der Waals surface area (Å²) in [6.45, 7) is 4.01. The molecule has 0 saturated carbocycles. The Morgan fingerprint density at radius 2 is 1.96 bits per heavy atom. The summed E-state index contributed by atoms with van der Waals surface area (Å²) < 4.78 is 28.6. The van der Waals surface area contributed by atoms with Gasteiger partial charge >= 0.3 is 5.97 Å². The lowest BCUT2D eigenvalue weighted by Crippen LogP contribution is -2.28. The summed E-state index contributed by atoms with van der Waals surface area (Å²) in [7, 11) is -3.60. The highest BCUT2D eigenvalue weighted by Crippen LogP contribution is 2.19. The Labute approximate surface area is 135 Å². The van der Waals surface area contributed by atoms with Gasteiger partial charge in [0.1, 0.15) is 6.10 Å². The number of rotatable bonds is 8. The third kappa shape index (κ3) is 5.99. The molecule has 1 aromatic rings. The molecule has 7 nitrogen and oxygen atoms in total. The van der Waals surface area contributed by atoms with Crippen molar-refractivity contribution < 1.29 is 27.9 Å². The van der Waals surface area contributed by atoms with E-state index < -0.39 is 27.8 Å². The predicted octanol–water partition coefficient (Wildman–Crippen LogP) is 1.93. The second kappa shape index (κ2) is 8.07. The van der Waals surface area contributed by atoms with Crippen molar-refractivity contribution >= 4 is 27.4 Å². The van der Waals surface area contributed by atoms with E-state index in [4.69, 9.17) is 9.84 Å². The summed E-state index contributed by atoms with van der Waals surface area (Å²) in [4.78, 5) is 22.9. The van der Waals surface area contributed by atoms with Crippen molar-refractivity contribution in [3.63, 3.8) is 0 Å². The predicted molar refractivity (Wildman–Crippen MR) is 85.5 cm³/mol. The number of carboxylic acid groups (broad SMARTS) is 1. The molecule has 0 radical (unpaired) electrons. The lowest BCUT2D eigenvalue weighted by atomic mass is 10.2. The van der Waals surface area contributed by atoms with Gasteiger partial charge < -0.3 is 15.2 Å². The number of anilines is 1. The average molecular weight is 343 g/mol. The minimum Gasteiger partial charge on any atom is -0.478 e. The van der Waals surface area contributed by atoms with Crippen LogP contribution in [-0.2, 0) is 19.4 Å². The largest absolute Gasteiger partial charge is 0.478 e.